The molecule has 2 aliphatic rings. The van der Waals surface area contributed by atoms with Crippen molar-refractivity contribution in [2.24, 2.45) is 0 Å². The average Bonchev–Trinajstić information content (AvgIpc) is 3.02. The fourth-order valence-corrected chi connectivity index (χ4v) is 3.27. The molecule has 1 unspecified atom stereocenters. The summed E-state index contributed by atoms with van der Waals surface area (Å²) in [5.41, 5.74) is 0.776. The van der Waals surface area contributed by atoms with Crippen molar-refractivity contribution in [1.82, 2.24) is 9.55 Å². The number of rotatable bonds is 3. The zero-order valence-electron chi connectivity index (χ0n) is 9.13. The van der Waals surface area contributed by atoms with E-state index in [9.17, 15) is 9.59 Å². The van der Waals surface area contributed by atoms with Crippen LogP contribution in [-0.2, 0) is 4.79 Å². The third-order valence-corrected chi connectivity index (χ3v) is 4.21. The van der Waals surface area contributed by atoms with E-state index in [-0.39, 0.29) is 18.0 Å². The van der Waals surface area contributed by atoms with E-state index in [1.165, 1.54) is 16.3 Å². The predicted molar refractivity (Wildman–Crippen MR) is 62.5 cm³/mol. The molecule has 0 radical (unpaired) electrons. The van der Waals surface area contributed by atoms with Crippen molar-refractivity contribution >= 4 is 17.7 Å². The molecule has 1 aliphatic carbocycles. The maximum Gasteiger partial charge on any atom is 0.305 e. The minimum Gasteiger partial charge on any atom is -0.481 e. The first-order valence-corrected chi connectivity index (χ1v) is 6.62. The molecular weight excluding hydrogens is 240 g/mol. The summed E-state index contributed by atoms with van der Waals surface area (Å²) >= 11 is 1.48. The quantitative estimate of drug-likeness (QED) is 0.819. The van der Waals surface area contributed by atoms with Gasteiger partial charge < -0.3 is 5.11 Å². The molecule has 90 valence electrons. The predicted octanol–water partition coefficient (Wildman–Crippen LogP) is 1.24. The molecule has 0 bridgehead atoms. The molecule has 0 spiro atoms. The van der Waals surface area contributed by atoms with Crippen LogP contribution in [0.5, 0.6) is 0 Å². The Morgan fingerprint density at radius 1 is 1.59 bits per heavy atom. The van der Waals surface area contributed by atoms with Crippen LogP contribution < -0.4 is 5.56 Å². The van der Waals surface area contributed by atoms with Gasteiger partial charge in [-0.1, -0.05) is 11.8 Å². The van der Waals surface area contributed by atoms with Gasteiger partial charge in [0.25, 0.3) is 5.56 Å². The second-order valence-electron chi connectivity index (χ2n) is 4.51. The van der Waals surface area contributed by atoms with Crippen molar-refractivity contribution in [3.05, 3.63) is 22.1 Å². The highest BCUT2D eigenvalue weighted by atomic mass is 32.2. The van der Waals surface area contributed by atoms with E-state index in [2.05, 4.69) is 4.98 Å². The fourth-order valence-electron chi connectivity index (χ4n) is 2.11. The Morgan fingerprint density at radius 2 is 2.35 bits per heavy atom. The van der Waals surface area contributed by atoms with E-state index in [1.54, 1.807) is 6.07 Å². The molecule has 1 aromatic heterocycles. The molecule has 1 fully saturated rings. The lowest BCUT2D eigenvalue weighted by atomic mass is 10.2. The monoisotopic (exact) mass is 252 g/mol. The SMILES string of the molecule is O=C(O)CC1CSc2nc(C3CC3)cc(=O)n21. The Labute approximate surface area is 102 Å². The number of aliphatic carboxylic acids is 1. The summed E-state index contributed by atoms with van der Waals surface area (Å²) in [6, 6.07) is 1.32. The standard InChI is InChI=1S/C11H12N2O3S/c14-9-4-8(6-1-2-6)12-11-13(9)7(5-17-11)3-10(15)16/h4,6-7H,1-3,5H2,(H,15,16). The van der Waals surface area contributed by atoms with Gasteiger partial charge in [-0.3, -0.25) is 14.2 Å². The Kier molecular flexibility index (Phi) is 2.47. The van der Waals surface area contributed by atoms with E-state index < -0.39 is 5.97 Å². The van der Waals surface area contributed by atoms with E-state index in [4.69, 9.17) is 5.11 Å². The summed E-state index contributed by atoms with van der Waals surface area (Å²) in [5.74, 6) is 0.206. The first kappa shape index (κ1) is 10.8. The number of carbonyl (C=O) groups is 1. The number of fused-ring (bicyclic) bond motifs is 1. The van der Waals surface area contributed by atoms with E-state index in [0.29, 0.717) is 16.8 Å². The maximum atomic E-state index is 12.0. The van der Waals surface area contributed by atoms with Gasteiger partial charge in [-0.05, 0) is 12.8 Å². The Morgan fingerprint density at radius 3 is 3.00 bits per heavy atom. The number of carboxylic acid groups (broad SMARTS) is 1. The number of hydrogen-bond acceptors (Lipinski definition) is 4. The molecule has 1 saturated carbocycles. The Hall–Kier alpha value is -1.30. The molecule has 1 aliphatic heterocycles. The van der Waals surface area contributed by atoms with Gasteiger partial charge in [0, 0.05) is 17.7 Å². The first-order valence-electron chi connectivity index (χ1n) is 5.63. The maximum absolute atomic E-state index is 12.0. The highest BCUT2D eigenvalue weighted by Crippen LogP contribution is 2.40. The highest BCUT2D eigenvalue weighted by Gasteiger charge is 2.31. The summed E-state index contributed by atoms with van der Waals surface area (Å²) in [7, 11) is 0. The van der Waals surface area contributed by atoms with Crippen molar-refractivity contribution in [3.63, 3.8) is 0 Å². The number of aromatic nitrogens is 2. The zero-order valence-corrected chi connectivity index (χ0v) is 9.94. The van der Waals surface area contributed by atoms with Crippen molar-refractivity contribution in [2.75, 3.05) is 5.75 Å². The van der Waals surface area contributed by atoms with Crippen LogP contribution in [-0.4, -0.2) is 26.4 Å². The van der Waals surface area contributed by atoms with Gasteiger partial charge in [0.05, 0.1) is 18.2 Å². The zero-order chi connectivity index (χ0) is 12.0. The van der Waals surface area contributed by atoms with Crippen molar-refractivity contribution in [3.8, 4) is 0 Å². The van der Waals surface area contributed by atoms with E-state index in [0.717, 1.165) is 18.5 Å². The van der Waals surface area contributed by atoms with Crippen LogP contribution in [0.2, 0.25) is 0 Å². The van der Waals surface area contributed by atoms with Crippen LogP contribution in [0, 0.1) is 0 Å². The van der Waals surface area contributed by atoms with Crippen LogP contribution in [0.15, 0.2) is 16.0 Å². The lowest BCUT2D eigenvalue weighted by Gasteiger charge is -2.10. The van der Waals surface area contributed by atoms with Gasteiger partial charge in [-0.25, -0.2) is 4.98 Å². The fraction of sp³-hybridized carbons (Fsp3) is 0.545. The largest absolute Gasteiger partial charge is 0.481 e. The van der Waals surface area contributed by atoms with Crippen molar-refractivity contribution in [1.29, 1.82) is 0 Å². The third-order valence-electron chi connectivity index (χ3n) is 3.12. The minimum absolute atomic E-state index is 0.00956. The van der Waals surface area contributed by atoms with Crippen LogP contribution in [0.3, 0.4) is 0 Å². The Balaban J connectivity index is 1.98. The van der Waals surface area contributed by atoms with E-state index >= 15 is 0 Å². The van der Waals surface area contributed by atoms with Gasteiger partial charge in [-0.2, -0.15) is 0 Å². The third kappa shape index (κ3) is 1.97. The minimum atomic E-state index is -0.874. The molecule has 0 amide bonds. The molecule has 0 saturated heterocycles. The van der Waals surface area contributed by atoms with Crippen LogP contribution in [0.4, 0.5) is 0 Å². The van der Waals surface area contributed by atoms with Gasteiger partial charge in [0.2, 0.25) is 0 Å². The second-order valence-corrected chi connectivity index (χ2v) is 5.50. The Bertz CT molecular complexity index is 536. The lowest BCUT2D eigenvalue weighted by Crippen LogP contribution is -2.26. The smallest absolute Gasteiger partial charge is 0.305 e. The first-order chi connectivity index (χ1) is 8.15. The van der Waals surface area contributed by atoms with Gasteiger partial charge in [0.15, 0.2) is 5.16 Å². The number of carboxylic acids is 1. The topological polar surface area (TPSA) is 72.2 Å². The molecule has 1 N–H and O–H groups in total. The van der Waals surface area contributed by atoms with Crippen LogP contribution >= 0.6 is 11.8 Å². The summed E-state index contributed by atoms with van der Waals surface area (Å²) in [5, 5.41) is 9.48. The van der Waals surface area contributed by atoms with Crippen molar-refractivity contribution < 1.29 is 9.90 Å². The van der Waals surface area contributed by atoms with E-state index in [1.807, 2.05) is 0 Å². The molecule has 17 heavy (non-hydrogen) atoms. The second kappa shape index (κ2) is 3.87. The highest BCUT2D eigenvalue weighted by molar-refractivity contribution is 7.99. The molecule has 5 nitrogen and oxygen atoms in total. The summed E-state index contributed by atoms with van der Waals surface area (Å²) < 4.78 is 1.53. The van der Waals surface area contributed by atoms with Crippen molar-refractivity contribution in [2.45, 2.75) is 36.4 Å². The molecule has 3 rings (SSSR count). The normalized spacial score (nSPS) is 22.5. The molecule has 2 heterocycles. The molecule has 6 heteroatoms. The summed E-state index contributed by atoms with van der Waals surface area (Å²) in [6.45, 7) is 0. The van der Waals surface area contributed by atoms with Gasteiger partial charge >= 0.3 is 5.97 Å². The molecule has 0 aromatic carbocycles. The average molecular weight is 252 g/mol. The molecular formula is C11H12N2O3S. The van der Waals surface area contributed by atoms with Gasteiger partial charge in [-0.15, -0.1) is 0 Å². The number of thioether (sulfide) groups is 1. The van der Waals surface area contributed by atoms with Crippen LogP contribution in [0.1, 0.15) is 36.9 Å². The van der Waals surface area contributed by atoms with Gasteiger partial charge in [0.1, 0.15) is 0 Å². The summed E-state index contributed by atoms with van der Waals surface area (Å²) in [4.78, 5) is 27.2. The summed E-state index contributed by atoms with van der Waals surface area (Å²) in [6.07, 6.45) is 2.21. The number of nitrogens with zero attached hydrogens (tertiary/aromatic N) is 2. The number of hydrogen-bond donors (Lipinski definition) is 1. The molecule has 1 aromatic rings. The lowest BCUT2D eigenvalue weighted by molar-refractivity contribution is -0.137. The van der Waals surface area contributed by atoms with Crippen LogP contribution in [0.25, 0.3) is 0 Å². The molecule has 1 atom stereocenters.